The van der Waals surface area contributed by atoms with E-state index in [1.165, 1.54) is 0 Å². The Morgan fingerprint density at radius 2 is 1.90 bits per heavy atom. The van der Waals surface area contributed by atoms with Gasteiger partial charge in [-0.15, -0.1) is 0 Å². The van der Waals surface area contributed by atoms with E-state index in [-0.39, 0.29) is 5.91 Å². The highest BCUT2D eigenvalue weighted by Gasteiger charge is 2.18. The van der Waals surface area contributed by atoms with Crippen LogP contribution in [0.3, 0.4) is 0 Å². The van der Waals surface area contributed by atoms with Crippen molar-refractivity contribution in [2.24, 2.45) is 0 Å². The molecule has 2 aromatic carbocycles. The Morgan fingerprint density at radius 1 is 1.10 bits per heavy atom. The van der Waals surface area contributed by atoms with Crippen LogP contribution in [0.5, 0.6) is 0 Å². The molecule has 0 aliphatic heterocycles. The molecular weight excluding hydrogens is 260 g/mol. The van der Waals surface area contributed by atoms with Crippen LogP contribution < -0.4 is 4.90 Å². The van der Waals surface area contributed by atoms with E-state index in [1.807, 2.05) is 68.4 Å². The van der Waals surface area contributed by atoms with Gasteiger partial charge in [0.05, 0.1) is 0 Å². The maximum atomic E-state index is 12.8. The maximum Gasteiger partial charge on any atom is 0.274 e. The minimum atomic E-state index is -0.000648. The predicted molar refractivity (Wildman–Crippen MR) is 86.8 cm³/mol. The fraction of sp³-hybridized carbons (Fsp3) is 0.167. The Kier molecular flexibility index (Phi) is 3.48. The van der Waals surface area contributed by atoms with E-state index >= 15 is 0 Å². The van der Waals surface area contributed by atoms with Crippen LogP contribution in [-0.4, -0.2) is 17.4 Å². The van der Waals surface area contributed by atoms with Crippen LogP contribution in [-0.2, 0) is 0 Å². The Morgan fingerprint density at radius 3 is 2.62 bits per heavy atom. The number of carbonyl (C=O) groups excluding carboxylic acids is 1. The summed E-state index contributed by atoms with van der Waals surface area (Å²) in [6, 6.07) is 17.8. The summed E-state index contributed by atoms with van der Waals surface area (Å²) in [5.74, 6) is -0.000648. The number of hydrogen-bond acceptors (Lipinski definition) is 1. The molecule has 1 amide bonds. The summed E-state index contributed by atoms with van der Waals surface area (Å²) in [4.78, 5) is 17.7. The lowest BCUT2D eigenvalue weighted by molar-refractivity contribution is 0.0984. The van der Waals surface area contributed by atoms with Crippen LogP contribution in [0.1, 0.15) is 23.0 Å². The third kappa shape index (κ3) is 2.55. The van der Waals surface area contributed by atoms with E-state index in [9.17, 15) is 4.79 Å². The van der Waals surface area contributed by atoms with E-state index < -0.39 is 0 Å². The predicted octanol–water partition coefficient (Wildman–Crippen LogP) is 4.14. The largest absolute Gasteiger partial charge is 0.351 e. The number of carbonyl (C=O) groups is 1. The molecule has 0 fully saturated rings. The molecule has 1 heterocycles. The Hall–Kier alpha value is -2.55. The fourth-order valence-corrected chi connectivity index (χ4v) is 2.57. The van der Waals surface area contributed by atoms with Crippen LogP contribution in [0, 0.1) is 6.92 Å². The van der Waals surface area contributed by atoms with Crippen LogP contribution in [0.25, 0.3) is 10.9 Å². The van der Waals surface area contributed by atoms with Crippen molar-refractivity contribution in [3.05, 3.63) is 65.9 Å². The van der Waals surface area contributed by atoms with E-state index in [4.69, 9.17) is 0 Å². The van der Waals surface area contributed by atoms with Gasteiger partial charge < -0.3 is 9.88 Å². The first-order valence-corrected chi connectivity index (χ1v) is 7.15. The monoisotopic (exact) mass is 278 g/mol. The van der Waals surface area contributed by atoms with Gasteiger partial charge in [0.1, 0.15) is 5.69 Å². The number of hydrogen-bond donors (Lipinski definition) is 1. The Balaban J connectivity index is 1.98. The molecule has 0 bridgehead atoms. The quantitative estimate of drug-likeness (QED) is 0.768. The van der Waals surface area contributed by atoms with Gasteiger partial charge in [-0.25, -0.2) is 0 Å². The van der Waals surface area contributed by atoms with Crippen LogP contribution >= 0.6 is 0 Å². The molecule has 1 N–H and O–H groups in total. The van der Waals surface area contributed by atoms with Crippen molar-refractivity contribution in [2.75, 3.05) is 11.4 Å². The smallest absolute Gasteiger partial charge is 0.274 e. The number of amides is 1. The number of nitrogens with one attached hydrogen (secondary N) is 1. The van der Waals surface area contributed by atoms with Crippen molar-refractivity contribution >= 4 is 22.5 Å². The second-order valence-electron chi connectivity index (χ2n) is 5.16. The zero-order valence-electron chi connectivity index (χ0n) is 12.3. The number of para-hydroxylation sites is 1. The van der Waals surface area contributed by atoms with E-state index in [0.29, 0.717) is 12.2 Å². The number of aromatic amines is 1. The van der Waals surface area contributed by atoms with E-state index in [1.54, 1.807) is 4.90 Å². The summed E-state index contributed by atoms with van der Waals surface area (Å²) in [7, 11) is 0. The standard InChI is InChI=1S/C18H18N2O/c1-3-20(15-9-6-7-13(2)11-15)18(21)17-12-14-8-4-5-10-16(14)19-17/h4-12,19H,3H2,1-2H3. The average Bonchev–Trinajstić information content (AvgIpc) is 2.92. The number of nitrogens with zero attached hydrogens (tertiary/aromatic N) is 1. The Labute approximate surface area is 124 Å². The molecule has 3 aromatic rings. The zero-order chi connectivity index (χ0) is 14.8. The highest BCUT2D eigenvalue weighted by atomic mass is 16.2. The third-order valence-corrected chi connectivity index (χ3v) is 3.64. The normalized spacial score (nSPS) is 10.8. The molecule has 21 heavy (non-hydrogen) atoms. The van der Waals surface area contributed by atoms with Crippen molar-refractivity contribution < 1.29 is 4.79 Å². The second kappa shape index (κ2) is 5.44. The van der Waals surface area contributed by atoms with E-state index in [0.717, 1.165) is 22.2 Å². The molecule has 0 spiro atoms. The first kappa shape index (κ1) is 13.4. The maximum absolute atomic E-state index is 12.8. The van der Waals surface area contributed by atoms with Gasteiger partial charge >= 0.3 is 0 Å². The van der Waals surface area contributed by atoms with Crippen molar-refractivity contribution in [2.45, 2.75) is 13.8 Å². The van der Waals surface area contributed by atoms with Crippen molar-refractivity contribution in [3.8, 4) is 0 Å². The number of fused-ring (bicyclic) bond motifs is 1. The summed E-state index contributed by atoms with van der Waals surface area (Å²) in [5.41, 5.74) is 3.69. The third-order valence-electron chi connectivity index (χ3n) is 3.64. The molecule has 0 radical (unpaired) electrons. The molecule has 0 aliphatic rings. The number of H-pyrrole nitrogens is 1. The molecule has 0 saturated carbocycles. The SMILES string of the molecule is CCN(C(=O)c1cc2ccccc2[nH]1)c1cccc(C)c1. The highest BCUT2D eigenvalue weighted by Crippen LogP contribution is 2.21. The van der Waals surface area contributed by atoms with Gasteiger partial charge in [-0.3, -0.25) is 4.79 Å². The van der Waals surface area contributed by atoms with Crippen molar-refractivity contribution in [3.63, 3.8) is 0 Å². The molecule has 0 saturated heterocycles. The van der Waals surface area contributed by atoms with Crippen LogP contribution in [0.2, 0.25) is 0 Å². The topological polar surface area (TPSA) is 36.1 Å². The van der Waals surface area contributed by atoms with Gasteiger partial charge in [-0.05, 0) is 43.7 Å². The lowest BCUT2D eigenvalue weighted by Crippen LogP contribution is -2.30. The highest BCUT2D eigenvalue weighted by molar-refractivity contribution is 6.07. The molecule has 3 rings (SSSR count). The minimum absolute atomic E-state index is 0.000648. The van der Waals surface area contributed by atoms with Gasteiger partial charge in [0.15, 0.2) is 0 Å². The first-order chi connectivity index (χ1) is 10.2. The summed E-state index contributed by atoms with van der Waals surface area (Å²) in [6.45, 7) is 4.66. The van der Waals surface area contributed by atoms with Crippen LogP contribution in [0.15, 0.2) is 54.6 Å². The Bertz CT molecular complexity index is 756. The van der Waals surface area contributed by atoms with Gasteiger partial charge in [-0.1, -0.05) is 30.3 Å². The lowest BCUT2D eigenvalue weighted by Gasteiger charge is -2.20. The molecule has 3 heteroatoms. The molecule has 106 valence electrons. The average molecular weight is 278 g/mol. The van der Waals surface area contributed by atoms with Gasteiger partial charge in [-0.2, -0.15) is 0 Å². The number of aryl methyl sites for hydroxylation is 1. The van der Waals surface area contributed by atoms with Gasteiger partial charge in [0, 0.05) is 23.1 Å². The fourth-order valence-electron chi connectivity index (χ4n) is 2.57. The van der Waals surface area contributed by atoms with Crippen molar-refractivity contribution in [1.82, 2.24) is 4.98 Å². The molecular formula is C18H18N2O. The molecule has 1 aromatic heterocycles. The second-order valence-corrected chi connectivity index (χ2v) is 5.16. The molecule has 0 unspecified atom stereocenters. The minimum Gasteiger partial charge on any atom is -0.351 e. The summed E-state index contributed by atoms with van der Waals surface area (Å²) in [6.07, 6.45) is 0. The number of benzene rings is 2. The number of rotatable bonds is 3. The van der Waals surface area contributed by atoms with Gasteiger partial charge in [0.2, 0.25) is 0 Å². The molecule has 3 nitrogen and oxygen atoms in total. The lowest BCUT2D eigenvalue weighted by atomic mass is 10.2. The summed E-state index contributed by atoms with van der Waals surface area (Å²) >= 11 is 0. The number of anilines is 1. The van der Waals surface area contributed by atoms with Crippen molar-refractivity contribution in [1.29, 1.82) is 0 Å². The summed E-state index contributed by atoms with van der Waals surface area (Å²) in [5, 5.41) is 1.06. The number of aromatic nitrogens is 1. The molecule has 0 aliphatic carbocycles. The summed E-state index contributed by atoms with van der Waals surface area (Å²) < 4.78 is 0. The zero-order valence-corrected chi connectivity index (χ0v) is 12.3. The van der Waals surface area contributed by atoms with Crippen LogP contribution in [0.4, 0.5) is 5.69 Å². The first-order valence-electron chi connectivity index (χ1n) is 7.15. The van der Waals surface area contributed by atoms with Gasteiger partial charge in [0.25, 0.3) is 5.91 Å². The molecule has 0 atom stereocenters. The van der Waals surface area contributed by atoms with E-state index in [2.05, 4.69) is 4.98 Å².